The molecule has 0 aliphatic heterocycles. The van der Waals surface area contributed by atoms with E-state index in [9.17, 15) is 0 Å². The summed E-state index contributed by atoms with van der Waals surface area (Å²) in [7, 11) is 0. The van der Waals surface area contributed by atoms with Crippen LogP contribution in [-0.4, -0.2) is 18.9 Å². The normalized spacial score (nSPS) is 11.7. The highest BCUT2D eigenvalue weighted by atomic mass is 16.5. The lowest BCUT2D eigenvalue weighted by Crippen LogP contribution is -2.05. The maximum absolute atomic E-state index is 5.63. The molecular formula is C24H27NO2. The lowest BCUT2D eigenvalue weighted by atomic mass is 10.1. The predicted octanol–water partition coefficient (Wildman–Crippen LogP) is 6.18. The van der Waals surface area contributed by atoms with Crippen LogP contribution in [0.4, 0.5) is 0 Å². The second-order valence-corrected chi connectivity index (χ2v) is 6.19. The van der Waals surface area contributed by atoms with Crippen molar-refractivity contribution in [3.63, 3.8) is 0 Å². The molecule has 0 spiro atoms. The van der Waals surface area contributed by atoms with Crippen LogP contribution in [0.25, 0.3) is 11.6 Å². The standard InChI is InChI=1S/C24H27NO2/c1-5-26-23-14-10-22(11-15-23)20(4)7-6-17-25-18-16-21-8-12-24(13-9-21)27-19(2)3/h6-19H,4-5H2,1-3H3/b7-6-,18-16+,25-17-. The van der Waals surface area contributed by atoms with E-state index in [0.29, 0.717) is 6.61 Å². The molecule has 0 N–H and O–H groups in total. The molecule has 0 fully saturated rings. The number of hydrogen-bond donors (Lipinski definition) is 0. The first-order chi connectivity index (χ1) is 13.1. The minimum Gasteiger partial charge on any atom is -0.494 e. The fourth-order valence-corrected chi connectivity index (χ4v) is 2.35. The van der Waals surface area contributed by atoms with Crippen LogP contribution in [0.5, 0.6) is 11.5 Å². The second-order valence-electron chi connectivity index (χ2n) is 6.19. The van der Waals surface area contributed by atoms with Gasteiger partial charge < -0.3 is 9.47 Å². The summed E-state index contributed by atoms with van der Waals surface area (Å²) in [6, 6.07) is 15.8. The number of aliphatic imine (C=N–C) groups is 1. The number of benzene rings is 2. The maximum Gasteiger partial charge on any atom is 0.119 e. The van der Waals surface area contributed by atoms with Crippen molar-refractivity contribution in [2.45, 2.75) is 26.9 Å². The third-order valence-electron chi connectivity index (χ3n) is 3.61. The van der Waals surface area contributed by atoms with Crippen molar-refractivity contribution in [2.75, 3.05) is 6.61 Å². The van der Waals surface area contributed by atoms with Crippen molar-refractivity contribution < 1.29 is 9.47 Å². The Morgan fingerprint density at radius 2 is 1.70 bits per heavy atom. The van der Waals surface area contributed by atoms with Crippen LogP contribution < -0.4 is 9.47 Å². The lowest BCUT2D eigenvalue weighted by molar-refractivity contribution is 0.242. The van der Waals surface area contributed by atoms with Gasteiger partial charge in [0.05, 0.1) is 12.7 Å². The molecular weight excluding hydrogens is 334 g/mol. The van der Waals surface area contributed by atoms with Crippen molar-refractivity contribution in [1.29, 1.82) is 0 Å². The summed E-state index contributed by atoms with van der Waals surface area (Å²) in [5, 5.41) is 0. The molecule has 0 saturated heterocycles. The number of ether oxygens (including phenoxy) is 2. The molecule has 27 heavy (non-hydrogen) atoms. The zero-order valence-electron chi connectivity index (χ0n) is 16.3. The van der Waals surface area contributed by atoms with Gasteiger partial charge in [0, 0.05) is 12.4 Å². The summed E-state index contributed by atoms with van der Waals surface area (Å²) >= 11 is 0. The Hall–Kier alpha value is -3.07. The molecule has 3 heteroatoms. The highest BCUT2D eigenvalue weighted by molar-refractivity contribution is 5.80. The number of allylic oxidation sites excluding steroid dienone is 3. The molecule has 0 bridgehead atoms. The fourth-order valence-electron chi connectivity index (χ4n) is 2.35. The van der Waals surface area contributed by atoms with E-state index in [2.05, 4.69) is 11.6 Å². The average Bonchev–Trinajstić information content (AvgIpc) is 2.66. The van der Waals surface area contributed by atoms with Gasteiger partial charge in [-0.3, -0.25) is 4.99 Å². The first kappa shape index (κ1) is 20.2. The molecule has 0 unspecified atom stereocenters. The summed E-state index contributed by atoms with van der Waals surface area (Å²) in [6.45, 7) is 10.7. The topological polar surface area (TPSA) is 30.8 Å². The Morgan fingerprint density at radius 3 is 2.33 bits per heavy atom. The molecule has 3 nitrogen and oxygen atoms in total. The monoisotopic (exact) mass is 361 g/mol. The van der Waals surface area contributed by atoms with Gasteiger partial charge in [-0.1, -0.05) is 36.9 Å². The Labute approximate surface area is 162 Å². The van der Waals surface area contributed by atoms with E-state index in [1.807, 2.05) is 87.5 Å². The molecule has 2 rings (SSSR count). The van der Waals surface area contributed by atoms with Gasteiger partial charge in [-0.05, 0) is 73.9 Å². The van der Waals surface area contributed by atoms with Crippen LogP contribution >= 0.6 is 0 Å². The second kappa shape index (κ2) is 10.8. The van der Waals surface area contributed by atoms with Crippen LogP contribution in [0.3, 0.4) is 0 Å². The largest absolute Gasteiger partial charge is 0.494 e. The summed E-state index contributed by atoms with van der Waals surface area (Å²) < 4.78 is 11.1. The highest BCUT2D eigenvalue weighted by Gasteiger charge is 1.97. The third-order valence-corrected chi connectivity index (χ3v) is 3.61. The Balaban J connectivity index is 1.83. The van der Waals surface area contributed by atoms with Crippen LogP contribution in [0, 0.1) is 0 Å². The summed E-state index contributed by atoms with van der Waals surface area (Å²) in [5.74, 6) is 1.75. The zero-order chi connectivity index (χ0) is 19.5. The average molecular weight is 361 g/mol. The zero-order valence-corrected chi connectivity index (χ0v) is 16.3. The van der Waals surface area contributed by atoms with E-state index in [-0.39, 0.29) is 6.10 Å². The molecule has 0 aliphatic rings. The minimum atomic E-state index is 0.181. The van der Waals surface area contributed by atoms with Gasteiger partial charge in [0.1, 0.15) is 11.5 Å². The molecule has 0 saturated carbocycles. The van der Waals surface area contributed by atoms with Gasteiger partial charge in [0.2, 0.25) is 0 Å². The number of rotatable bonds is 9. The van der Waals surface area contributed by atoms with Gasteiger partial charge in [-0.2, -0.15) is 0 Å². The summed E-state index contributed by atoms with van der Waals surface area (Å²) in [5.41, 5.74) is 3.06. The van der Waals surface area contributed by atoms with Crippen LogP contribution in [-0.2, 0) is 0 Å². The molecule has 0 amide bonds. The molecule has 0 aromatic heterocycles. The Bertz CT molecular complexity index is 797. The maximum atomic E-state index is 5.63. The van der Waals surface area contributed by atoms with E-state index < -0.39 is 0 Å². The van der Waals surface area contributed by atoms with Gasteiger partial charge in [-0.25, -0.2) is 0 Å². The SMILES string of the molecule is C=C(\C=C/C=N\C=C\c1ccc(OC(C)C)cc1)c1ccc(OCC)cc1. The lowest BCUT2D eigenvalue weighted by Gasteiger charge is -2.09. The van der Waals surface area contributed by atoms with Gasteiger partial charge in [0.25, 0.3) is 0 Å². The van der Waals surface area contributed by atoms with E-state index >= 15 is 0 Å². The van der Waals surface area contributed by atoms with Gasteiger partial charge in [0.15, 0.2) is 0 Å². The Morgan fingerprint density at radius 1 is 1.04 bits per heavy atom. The van der Waals surface area contributed by atoms with E-state index in [0.717, 1.165) is 28.2 Å². The first-order valence-corrected chi connectivity index (χ1v) is 9.13. The molecule has 0 atom stereocenters. The third kappa shape index (κ3) is 7.37. The summed E-state index contributed by atoms with van der Waals surface area (Å²) in [6.07, 6.45) is 9.45. The first-order valence-electron chi connectivity index (χ1n) is 9.13. The van der Waals surface area contributed by atoms with Gasteiger partial charge in [-0.15, -0.1) is 0 Å². The van der Waals surface area contributed by atoms with Crippen LogP contribution in [0.2, 0.25) is 0 Å². The smallest absolute Gasteiger partial charge is 0.119 e. The Kier molecular flexibility index (Phi) is 8.11. The summed E-state index contributed by atoms with van der Waals surface area (Å²) in [4.78, 5) is 4.26. The van der Waals surface area contributed by atoms with Crippen molar-refractivity contribution in [1.82, 2.24) is 0 Å². The molecule has 2 aromatic rings. The quantitative estimate of drug-likeness (QED) is 0.394. The van der Waals surface area contributed by atoms with E-state index in [4.69, 9.17) is 9.47 Å². The molecule has 0 radical (unpaired) electrons. The number of hydrogen-bond acceptors (Lipinski definition) is 3. The fraction of sp³-hybridized carbons (Fsp3) is 0.208. The minimum absolute atomic E-state index is 0.181. The molecule has 2 aromatic carbocycles. The number of nitrogens with zero attached hydrogens (tertiary/aromatic N) is 1. The van der Waals surface area contributed by atoms with E-state index in [1.54, 1.807) is 12.4 Å². The molecule has 0 heterocycles. The van der Waals surface area contributed by atoms with Crippen LogP contribution in [0.1, 0.15) is 31.9 Å². The highest BCUT2D eigenvalue weighted by Crippen LogP contribution is 2.18. The van der Waals surface area contributed by atoms with Crippen molar-refractivity contribution in [2.24, 2.45) is 4.99 Å². The molecule has 0 aliphatic carbocycles. The van der Waals surface area contributed by atoms with Crippen molar-refractivity contribution in [3.05, 3.63) is 84.6 Å². The van der Waals surface area contributed by atoms with Crippen molar-refractivity contribution in [3.8, 4) is 11.5 Å². The van der Waals surface area contributed by atoms with Crippen LogP contribution in [0.15, 0.2) is 78.5 Å². The van der Waals surface area contributed by atoms with Crippen molar-refractivity contribution >= 4 is 17.9 Å². The molecule has 140 valence electrons. The van der Waals surface area contributed by atoms with E-state index in [1.165, 1.54) is 0 Å². The van der Waals surface area contributed by atoms with Gasteiger partial charge >= 0.3 is 0 Å². The predicted molar refractivity (Wildman–Crippen MR) is 116 cm³/mol.